The SMILES string of the molecule is Cc1ccc(C)c2[cH-]ccc12.Cc1ccc(C)c2[cH-]ccc12.[Cl][Zr+2][Cl].c1ccc([Si]c2ccccc2)cc1. The average Bonchev–Trinajstić information content (AvgIpc) is 3.63. The monoisotopic (exact) mass is 628 g/mol. The number of rotatable bonds is 2. The number of hydrogen-bond donors (Lipinski definition) is 0. The maximum absolute atomic E-state index is 4.93. The van der Waals surface area contributed by atoms with Gasteiger partial charge in [-0.15, -0.1) is 56.9 Å². The summed E-state index contributed by atoms with van der Waals surface area (Å²) in [6, 6.07) is 42.8. The summed E-state index contributed by atoms with van der Waals surface area (Å²) in [5.74, 6) is 0. The molecule has 0 aliphatic carbocycles. The van der Waals surface area contributed by atoms with E-state index in [2.05, 4.69) is 149 Å². The third-order valence-electron chi connectivity index (χ3n) is 6.33. The molecule has 6 rings (SSSR count). The first-order chi connectivity index (χ1) is 18.4. The van der Waals surface area contributed by atoms with Crippen molar-refractivity contribution in [3.63, 3.8) is 0 Å². The first-order valence-corrected chi connectivity index (χ1v) is 19.8. The predicted molar refractivity (Wildman–Crippen MR) is 168 cm³/mol. The van der Waals surface area contributed by atoms with Crippen molar-refractivity contribution >= 4 is 58.5 Å². The Morgan fingerprint density at radius 1 is 0.500 bits per heavy atom. The van der Waals surface area contributed by atoms with Crippen LogP contribution in [0, 0.1) is 27.7 Å². The van der Waals surface area contributed by atoms with Gasteiger partial charge in [0.1, 0.15) is 9.52 Å². The molecule has 0 unspecified atom stereocenters. The topological polar surface area (TPSA) is 0 Å². The van der Waals surface area contributed by atoms with E-state index in [1.807, 2.05) is 0 Å². The summed E-state index contributed by atoms with van der Waals surface area (Å²) in [6.07, 6.45) is 0. The molecule has 2 radical (unpaired) electrons. The van der Waals surface area contributed by atoms with Gasteiger partial charge in [0.2, 0.25) is 0 Å². The normalized spacial score (nSPS) is 9.84. The molecule has 0 atom stereocenters. The zero-order valence-electron chi connectivity index (χ0n) is 22.3. The van der Waals surface area contributed by atoms with Crippen LogP contribution in [0.2, 0.25) is 0 Å². The standard InChI is InChI=1S/C12H10Si.2C11H11.2ClH.Zr/c1-3-7-11(8-4-1)13-12-9-5-2-6-10-12;2*1-8-6-7-9(2)11-5-3-4-10(8)11;;;/h1-10H;2*3-7H,1-2H3;2*1H;/q;2*-1;;;+4/p-2. The smallest absolute Gasteiger partial charge is 0.0631 e. The van der Waals surface area contributed by atoms with Crippen LogP contribution in [0.3, 0.4) is 0 Å². The van der Waals surface area contributed by atoms with Crippen molar-refractivity contribution in [2.24, 2.45) is 0 Å². The first-order valence-electron chi connectivity index (χ1n) is 12.5. The Bertz CT molecular complexity index is 1330. The summed E-state index contributed by atoms with van der Waals surface area (Å²) < 4.78 is 0. The molecular weight excluding hydrogens is 599 g/mol. The molecule has 6 aromatic rings. The molecule has 0 spiro atoms. The van der Waals surface area contributed by atoms with E-state index in [-0.39, 0.29) is 0 Å². The zero-order chi connectivity index (χ0) is 27.3. The fourth-order valence-electron chi connectivity index (χ4n) is 4.28. The van der Waals surface area contributed by atoms with E-state index in [4.69, 9.17) is 17.0 Å². The van der Waals surface area contributed by atoms with Gasteiger partial charge >= 0.3 is 37.9 Å². The van der Waals surface area contributed by atoms with E-state index in [1.54, 1.807) is 0 Å². The molecule has 0 aliphatic heterocycles. The summed E-state index contributed by atoms with van der Waals surface area (Å²) in [7, 11) is 10.6. The van der Waals surface area contributed by atoms with Crippen LogP contribution < -0.4 is 10.4 Å². The van der Waals surface area contributed by atoms with Crippen LogP contribution in [0.25, 0.3) is 21.5 Å². The van der Waals surface area contributed by atoms with E-state index in [9.17, 15) is 0 Å². The molecule has 0 amide bonds. The van der Waals surface area contributed by atoms with Crippen LogP contribution in [0.1, 0.15) is 22.3 Å². The Hall–Kier alpha value is -2.22. The second-order valence-corrected chi connectivity index (χ2v) is 14.2. The van der Waals surface area contributed by atoms with Crippen LogP contribution >= 0.6 is 17.0 Å². The fourth-order valence-corrected chi connectivity index (χ4v) is 5.34. The van der Waals surface area contributed by atoms with Crippen molar-refractivity contribution in [2.75, 3.05) is 0 Å². The zero-order valence-corrected chi connectivity index (χ0v) is 27.3. The first kappa shape index (κ1) is 30.3. The van der Waals surface area contributed by atoms with Crippen molar-refractivity contribution in [3.05, 3.63) is 144 Å². The van der Waals surface area contributed by atoms with Gasteiger partial charge in [-0.1, -0.05) is 108 Å². The summed E-state index contributed by atoms with van der Waals surface area (Å²) in [5, 5.41) is 8.37. The quantitative estimate of drug-likeness (QED) is 0.132. The molecule has 0 aliphatic rings. The van der Waals surface area contributed by atoms with Gasteiger partial charge in [0.25, 0.3) is 0 Å². The fraction of sp³-hybridized carbons (Fsp3) is 0.118. The maximum atomic E-state index is 4.93. The van der Waals surface area contributed by atoms with Gasteiger partial charge in [-0.25, -0.2) is 0 Å². The summed E-state index contributed by atoms with van der Waals surface area (Å²) in [5.41, 5.74) is 5.48. The minimum Gasteiger partial charge on any atom is -0.0631 e. The van der Waals surface area contributed by atoms with Crippen molar-refractivity contribution in [1.82, 2.24) is 0 Å². The number of aryl methyl sites for hydroxylation is 4. The number of fused-ring (bicyclic) bond motifs is 2. The Balaban J connectivity index is 0.000000151. The Morgan fingerprint density at radius 3 is 1.18 bits per heavy atom. The van der Waals surface area contributed by atoms with Crippen molar-refractivity contribution < 1.29 is 20.8 Å². The van der Waals surface area contributed by atoms with Gasteiger partial charge in [0.05, 0.1) is 0 Å². The molecule has 0 fully saturated rings. The van der Waals surface area contributed by atoms with E-state index in [0.29, 0.717) is 0 Å². The molecule has 0 saturated carbocycles. The van der Waals surface area contributed by atoms with Crippen molar-refractivity contribution in [2.45, 2.75) is 27.7 Å². The van der Waals surface area contributed by atoms with Gasteiger partial charge in [-0.2, -0.15) is 24.3 Å². The Morgan fingerprint density at radius 2 is 0.842 bits per heavy atom. The van der Waals surface area contributed by atoms with Crippen molar-refractivity contribution in [1.29, 1.82) is 0 Å². The largest absolute Gasteiger partial charge is 0.121 e. The third-order valence-corrected chi connectivity index (χ3v) is 7.58. The van der Waals surface area contributed by atoms with Gasteiger partial charge in [0.15, 0.2) is 0 Å². The number of hydrogen-bond acceptors (Lipinski definition) is 0. The van der Waals surface area contributed by atoms with Crippen LogP contribution in [-0.4, -0.2) is 9.52 Å². The molecule has 0 nitrogen and oxygen atoms in total. The second-order valence-electron chi connectivity index (χ2n) is 9.03. The minimum absolute atomic E-state index is 0.777. The van der Waals surface area contributed by atoms with E-state index in [0.717, 1.165) is 9.52 Å². The van der Waals surface area contributed by atoms with Gasteiger partial charge in [0, 0.05) is 0 Å². The average molecular weight is 631 g/mol. The summed E-state index contributed by atoms with van der Waals surface area (Å²) in [6.45, 7) is 8.62. The van der Waals surface area contributed by atoms with Gasteiger partial charge in [-0.3, -0.25) is 0 Å². The third kappa shape index (κ3) is 8.92. The van der Waals surface area contributed by atoms with Crippen LogP contribution in [0.4, 0.5) is 0 Å². The Kier molecular flexibility index (Phi) is 12.8. The summed E-state index contributed by atoms with van der Waals surface area (Å²) in [4.78, 5) is 0. The molecule has 0 heterocycles. The Labute approximate surface area is 248 Å². The minimum atomic E-state index is -0.826. The maximum Gasteiger partial charge on any atom is 0.121 e. The molecular formula is C34H32Cl2SiZr. The van der Waals surface area contributed by atoms with E-state index >= 15 is 0 Å². The molecule has 38 heavy (non-hydrogen) atoms. The molecule has 0 saturated heterocycles. The molecule has 6 aromatic carbocycles. The molecule has 190 valence electrons. The van der Waals surface area contributed by atoms with Gasteiger partial charge in [-0.05, 0) is 13.8 Å². The molecule has 0 aromatic heterocycles. The van der Waals surface area contributed by atoms with E-state index < -0.39 is 20.8 Å². The summed E-state index contributed by atoms with van der Waals surface area (Å²) >= 11 is -0.826. The van der Waals surface area contributed by atoms with Crippen molar-refractivity contribution in [3.8, 4) is 0 Å². The van der Waals surface area contributed by atoms with Crippen LogP contribution in [0.15, 0.2) is 121 Å². The number of halogens is 2. The second kappa shape index (κ2) is 16.0. The molecule has 0 bridgehead atoms. The van der Waals surface area contributed by atoms with E-state index in [1.165, 1.54) is 54.2 Å². The molecule has 0 N–H and O–H groups in total. The number of benzene rings is 4. The van der Waals surface area contributed by atoms with Crippen LogP contribution in [-0.2, 0) is 20.8 Å². The predicted octanol–water partition coefficient (Wildman–Crippen LogP) is 9.07. The van der Waals surface area contributed by atoms with Gasteiger partial charge < -0.3 is 0 Å². The molecule has 4 heteroatoms. The van der Waals surface area contributed by atoms with Crippen LogP contribution in [0.5, 0.6) is 0 Å².